The predicted molar refractivity (Wildman–Crippen MR) is 136 cm³/mol. The molecule has 1 aliphatic heterocycles. The van der Waals surface area contributed by atoms with E-state index in [9.17, 15) is 18.0 Å². The number of nitrogens with zero attached hydrogens (tertiary/aromatic N) is 2. The Morgan fingerprint density at radius 3 is 2.36 bits per heavy atom. The summed E-state index contributed by atoms with van der Waals surface area (Å²) in [6.07, 6.45) is 1.74. The fourth-order valence-corrected chi connectivity index (χ4v) is 5.92. The van der Waals surface area contributed by atoms with Gasteiger partial charge >= 0.3 is 6.09 Å². The number of carbonyl (C=O) groups excluding carboxylic acids is 2. The maximum Gasteiger partial charge on any atom is 0.407 e. The Balaban J connectivity index is 1.41. The lowest BCUT2D eigenvalue weighted by molar-refractivity contribution is 0.0788. The molecule has 4 aromatic rings. The average Bonchev–Trinajstić information content (AvgIpc) is 3.54. The number of alkyl carbamates (subject to hydrolysis) is 1. The van der Waals surface area contributed by atoms with Gasteiger partial charge in [0.2, 0.25) is 0 Å². The third-order valence-electron chi connectivity index (χ3n) is 6.40. The molecule has 184 valence electrons. The minimum absolute atomic E-state index is 0.0890. The van der Waals surface area contributed by atoms with E-state index < -0.39 is 16.1 Å². The van der Waals surface area contributed by atoms with Crippen LogP contribution in [-0.4, -0.2) is 55.5 Å². The molecule has 5 rings (SSSR count). The zero-order chi connectivity index (χ0) is 25.3. The summed E-state index contributed by atoms with van der Waals surface area (Å²) in [5.74, 6) is -0.217. The van der Waals surface area contributed by atoms with E-state index in [0.29, 0.717) is 30.6 Å². The average molecular weight is 504 g/mol. The van der Waals surface area contributed by atoms with Crippen LogP contribution in [0.15, 0.2) is 90.0 Å². The first kappa shape index (κ1) is 23.6. The highest BCUT2D eigenvalue weighted by molar-refractivity contribution is 7.90. The summed E-state index contributed by atoms with van der Waals surface area (Å²) >= 11 is 0. The highest BCUT2D eigenvalue weighted by Crippen LogP contribution is 2.33. The molecule has 36 heavy (non-hydrogen) atoms. The zero-order valence-corrected chi connectivity index (χ0v) is 20.4. The monoisotopic (exact) mass is 503 g/mol. The second-order valence-corrected chi connectivity index (χ2v) is 10.4. The largest absolute Gasteiger partial charge is 0.453 e. The molecule has 8 nitrogen and oxygen atoms in total. The van der Waals surface area contributed by atoms with E-state index in [1.807, 2.05) is 48.5 Å². The van der Waals surface area contributed by atoms with Gasteiger partial charge in [0.15, 0.2) is 0 Å². The molecule has 0 aliphatic carbocycles. The molecule has 1 atom stereocenters. The number of ether oxygens (including phenoxy) is 1. The van der Waals surface area contributed by atoms with Crippen LogP contribution in [0, 0.1) is 0 Å². The number of nitrogens with one attached hydrogen (secondary N) is 1. The van der Waals surface area contributed by atoms with Crippen molar-refractivity contribution in [3.05, 3.63) is 90.6 Å². The molecule has 2 amide bonds. The number of para-hydroxylation sites is 1. The SMILES string of the molecule is COC(=O)N[C@@H]1CCN(C(=O)c2ccc(S(=O)(=O)n3cc(-c4ccccc4)c4ccccc43)cc2)C1. The smallest absolute Gasteiger partial charge is 0.407 e. The first-order valence-electron chi connectivity index (χ1n) is 11.5. The molecule has 0 unspecified atom stereocenters. The quantitative estimate of drug-likeness (QED) is 0.442. The van der Waals surface area contributed by atoms with E-state index in [2.05, 4.69) is 10.1 Å². The number of hydrogen-bond acceptors (Lipinski definition) is 5. The van der Waals surface area contributed by atoms with E-state index in [1.54, 1.807) is 17.2 Å². The first-order chi connectivity index (χ1) is 17.4. The number of carbonyl (C=O) groups is 2. The fraction of sp³-hybridized carbons (Fsp3) is 0.185. The maximum atomic E-state index is 13.6. The highest BCUT2D eigenvalue weighted by atomic mass is 32.2. The molecule has 0 saturated carbocycles. The molecule has 0 radical (unpaired) electrons. The van der Waals surface area contributed by atoms with Gasteiger partial charge in [0.05, 0.1) is 23.6 Å². The summed E-state index contributed by atoms with van der Waals surface area (Å²) in [7, 11) is -2.62. The highest BCUT2D eigenvalue weighted by Gasteiger charge is 2.29. The van der Waals surface area contributed by atoms with Crippen LogP contribution in [0.25, 0.3) is 22.0 Å². The molecular weight excluding hydrogens is 478 g/mol. The maximum absolute atomic E-state index is 13.6. The van der Waals surface area contributed by atoms with Crippen molar-refractivity contribution in [2.45, 2.75) is 17.4 Å². The standard InChI is InChI=1S/C27H25N3O5S/c1-35-27(32)28-21-15-16-29(17-21)26(31)20-11-13-22(14-12-20)36(33,34)30-18-24(19-7-3-2-4-8-19)23-9-5-6-10-25(23)30/h2-14,18,21H,15-17H2,1H3,(H,28,32)/t21-/m1/s1. The minimum atomic E-state index is -3.91. The molecule has 1 fully saturated rings. The Kier molecular flexibility index (Phi) is 6.24. The summed E-state index contributed by atoms with van der Waals surface area (Å²) in [5, 5.41) is 3.54. The van der Waals surface area contributed by atoms with Crippen LogP contribution in [0.3, 0.4) is 0 Å². The fourth-order valence-electron chi connectivity index (χ4n) is 4.55. The van der Waals surface area contributed by atoms with Crippen molar-refractivity contribution in [2.24, 2.45) is 0 Å². The van der Waals surface area contributed by atoms with Crippen molar-refractivity contribution < 1.29 is 22.7 Å². The topological polar surface area (TPSA) is 97.7 Å². The number of aromatic nitrogens is 1. The number of hydrogen-bond donors (Lipinski definition) is 1. The van der Waals surface area contributed by atoms with Gasteiger partial charge in [-0.2, -0.15) is 0 Å². The van der Waals surface area contributed by atoms with Crippen LogP contribution in [0.4, 0.5) is 4.79 Å². The predicted octanol–water partition coefficient (Wildman–Crippen LogP) is 4.12. The van der Waals surface area contributed by atoms with E-state index in [4.69, 9.17) is 0 Å². The van der Waals surface area contributed by atoms with Crippen molar-refractivity contribution in [3.63, 3.8) is 0 Å². The number of methoxy groups -OCH3 is 1. The molecule has 3 aromatic carbocycles. The molecule has 1 aliphatic rings. The van der Waals surface area contributed by atoms with Crippen LogP contribution in [0.2, 0.25) is 0 Å². The van der Waals surface area contributed by atoms with Crippen molar-refractivity contribution in [1.29, 1.82) is 0 Å². The van der Waals surface area contributed by atoms with Gasteiger partial charge in [0, 0.05) is 35.8 Å². The molecular formula is C27H25N3O5S. The number of likely N-dealkylation sites (tertiary alicyclic amines) is 1. The van der Waals surface area contributed by atoms with E-state index >= 15 is 0 Å². The van der Waals surface area contributed by atoms with E-state index in [0.717, 1.165) is 16.5 Å². The van der Waals surface area contributed by atoms with Gasteiger partial charge in [0.1, 0.15) is 0 Å². The van der Waals surface area contributed by atoms with Crippen molar-refractivity contribution in [2.75, 3.05) is 20.2 Å². The van der Waals surface area contributed by atoms with Crippen LogP contribution in [-0.2, 0) is 14.8 Å². The summed E-state index contributed by atoms with van der Waals surface area (Å²) in [6, 6.07) is 22.8. The van der Waals surface area contributed by atoms with E-state index in [-0.39, 0.29) is 16.8 Å². The van der Waals surface area contributed by atoms with E-state index in [1.165, 1.54) is 35.3 Å². The van der Waals surface area contributed by atoms with Gasteiger partial charge < -0.3 is 15.0 Å². The van der Waals surface area contributed by atoms with Crippen molar-refractivity contribution in [3.8, 4) is 11.1 Å². The Hall–Kier alpha value is -4.11. The van der Waals surface area contributed by atoms with Crippen LogP contribution in [0.5, 0.6) is 0 Å². The van der Waals surface area contributed by atoms with Gasteiger partial charge in [-0.15, -0.1) is 0 Å². The molecule has 9 heteroatoms. The number of rotatable bonds is 5. The van der Waals surface area contributed by atoms with Crippen molar-refractivity contribution >= 4 is 32.9 Å². The summed E-state index contributed by atoms with van der Waals surface area (Å²) in [6.45, 7) is 0.858. The lowest BCUT2D eigenvalue weighted by atomic mass is 10.1. The van der Waals surface area contributed by atoms with Gasteiger partial charge in [-0.1, -0.05) is 48.5 Å². The number of benzene rings is 3. The normalized spacial score (nSPS) is 15.7. The van der Waals surface area contributed by atoms with Crippen LogP contribution in [0.1, 0.15) is 16.8 Å². The van der Waals surface area contributed by atoms with Crippen LogP contribution >= 0.6 is 0 Å². The molecule has 1 aromatic heterocycles. The Morgan fingerprint density at radius 2 is 1.64 bits per heavy atom. The third kappa shape index (κ3) is 4.33. The molecule has 0 bridgehead atoms. The Labute approximate surface area is 209 Å². The first-order valence-corrected chi connectivity index (χ1v) is 13.0. The van der Waals surface area contributed by atoms with Crippen LogP contribution < -0.4 is 5.32 Å². The Bertz CT molecular complexity index is 1530. The Morgan fingerprint density at radius 1 is 0.944 bits per heavy atom. The minimum Gasteiger partial charge on any atom is -0.453 e. The second kappa shape index (κ2) is 9.50. The summed E-state index contributed by atoms with van der Waals surface area (Å²) < 4.78 is 33.2. The number of amides is 2. The lowest BCUT2D eigenvalue weighted by Crippen LogP contribution is -2.38. The number of fused-ring (bicyclic) bond motifs is 1. The molecule has 0 spiro atoms. The zero-order valence-electron chi connectivity index (χ0n) is 19.6. The van der Waals surface area contributed by atoms with Gasteiger partial charge in [-0.25, -0.2) is 17.2 Å². The van der Waals surface area contributed by atoms with Gasteiger partial charge in [-0.05, 0) is 42.3 Å². The van der Waals surface area contributed by atoms with Gasteiger partial charge in [0.25, 0.3) is 15.9 Å². The van der Waals surface area contributed by atoms with Crippen molar-refractivity contribution in [1.82, 2.24) is 14.2 Å². The van der Waals surface area contributed by atoms with Gasteiger partial charge in [-0.3, -0.25) is 4.79 Å². The molecule has 1 saturated heterocycles. The summed E-state index contributed by atoms with van der Waals surface area (Å²) in [5.41, 5.74) is 2.72. The molecule has 2 heterocycles. The lowest BCUT2D eigenvalue weighted by Gasteiger charge is -2.17. The third-order valence-corrected chi connectivity index (χ3v) is 8.09. The molecule has 1 N–H and O–H groups in total. The summed E-state index contributed by atoms with van der Waals surface area (Å²) in [4.78, 5) is 26.1. The second-order valence-electron chi connectivity index (χ2n) is 8.62.